The molecule has 164 valence electrons. The van der Waals surface area contributed by atoms with Crippen molar-refractivity contribution in [2.24, 2.45) is 0 Å². The summed E-state index contributed by atoms with van der Waals surface area (Å²) >= 11 is 1.27. The number of nitrogens with two attached hydrogens (primary N) is 1. The normalized spacial score (nSPS) is 11.7. The van der Waals surface area contributed by atoms with E-state index in [0.29, 0.717) is 16.9 Å². The summed E-state index contributed by atoms with van der Waals surface area (Å²) in [4.78, 5) is 12.6. The third-order valence-electron chi connectivity index (χ3n) is 5.20. The van der Waals surface area contributed by atoms with Crippen LogP contribution in [0.25, 0.3) is 11.4 Å². The Balaban J connectivity index is 1.69. The van der Waals surface area contributed by atoms with Gasteiger partial charge in [0.15, 0.2) is 5.82 Å². The van der Waals surface area contributed by atoms with E-state index in [9.17, 15) is 4.79 Å². The van der Waals surface area contributed by atoms with Gasteiger partial charge in [0.25, 0.3) is 0 Å². The Morgan fingerprint density at radius 3 is 2.42 bits per heavy atom. The number of carbonyl (C=O) groups is 1. The van der Waals surface area contributed by atoms with E-state index in [0.717, 1.165) is 22.4 Å². The number of aryl methyl sites for hydroxylation is 1. The van der Waals surface area contributed by atoms with Crippen molar-refractivity contribution in [3.8, 4) is 11.4 Å². The van der Waals surface area contributed by atoms with Crippen LogP contribution < -0.4 is 11.2 Å². The van der Waals surface area contributed by atoms with Gasteiger partial charge in [0.2, 0.25) is 11.1 Å². The summed E-state index contributed by atoms with van der Waals surface area (Å²) in [5, 5.41) is 12.0. The van der Waals surface area contributed by atoms with E-state index in [-0.39, 0.29) is 17.1 Å². The lowest BCUT2D eigenvalue weighted by Gasteiger charge is -2.19. The van der Waals surface area contributed by atoms with Gasteiger partial charge in [-0.25, -0.2) is 4.68 Å². The van der Waals surface area contributed by atoms with Crippen LogP contribution in [0.4, 0.5) is 5.69 Å². The molecular weight excluding hydrogens is 406 g/mol. The second-order valence-electron chi connectivity index (χ2n) is 9.03. The number of hydrogen-bond acceptors (Lipinski definition) is 5. The van der Waals surface area contributed by atoms with E-state index in [1.165, 1.54) is 22.0 Å². The fraction of sp³-hybridized carbons (Fsp3) is 0.375. The van der Waals surface area contributed by atoms with Crippen LogP contribution >= 0.6 is 11.8 Å². The summed E-state index contributed by atoms with van der Waals surface area (Å²) in [6, 6.07) is 14.2. The summed E-state index contributed by atoms with van der Waals surface area (Å²) in [6.07, 6.45) is 0. The van der Waals surface area contributed by atoms with Crippen LogP contribution in [0.15, 0.2) is 47.6 Å². The molecule has 0 aliphatic carbocycles. The lowest BCUT2D eigenvalue weighted by molar-refractivity contribution is -0.113. The van der Waals surface area contributed by atoms with Crippen LogP contribution in [-0.4, -0.2) is 26.5 Å². The maximum atomic E-state index is 12.6. The first-order chi connectivity index (χ1) is 14.6. The number of nitrogen functional groups attached to an aromatic ring is 1. The number of para-hydroxylation sites is 1. The molecule has 0 saturated carbocycles. The van der Waals surface area contributed by atoms with E-state index in [4.69, 9.17) is 5.84 Å². The predicted molar refractivity (Wildman–Crippen MR) is 129 cm³/mol. The molecule has 7 heteroatoms. The Morgan fingerprint density at radius 2 is 1.81 bits per heavy atom. The smallest absolute Gasteiger partial charge is 0.234 e. The zero-order valence-electron chi connectivity index (χ0n) is 19.1. The number of nitrogens with one attached hydrogen (secondary N) is 1. The molecule has 0 bridgehead atoms. The molecule has 6 nitrogen and oxygen atoms in total. The molecule has 0 fully saturated rings. The number of thioether (sulfide) groups is 1. The van der Waals surface area contributed by atoms with Crippen molar-refractivity contribution in [2.75, 3.05) is 16.9 Å². The highest BCUT2D eigenvalue weighted by Gasteiger charge is 2.17. The van der Waals surface area contributed by atoms with Gasteiger partial charge in [0, 0.05) is 11.3 Å². The summed E-state index contributed by atoms with van der Waals surface area (Å²) in [7, 11) is 0. The monoisotopic (exact) mass is 437 g/mol. The molecular formula is C24H31N5OS. The molecule has 3 N–H and O–H groups in total. The Labute approximate surface area is 188 Å². The molecule has 31 heavy (non-hydrogen) atoms. The molecule has 0 unspecified atom stereocenters. The van der Waals surface area contributed by atoms with E-state index in [1.807, 2.05) is 37.3 Å². The lowest BCUT2D eigenvalue weighted by atomic mass is 9.87. The van der Waals surface area contributed by atoms with Crippen LogP contribution in [0, 0.1) is 6.92 Å². The van der Waals surface area contributed by atoms with Gasteiger partial charge >= 0.3 is 0 Å². The Kier molecular flexibility index (Phi) is 6.74. The van der Waals surface area contributed by atoms with Crippen LogP contribution in [0.2, 0.25) is 0 Å². The first-order valence-electron chi connectivity index (χ1n) is 10.4. The highest BCUT2D eigenvalue weighted by molar-refractivity contribution is 7.99. The van der Waals surface area contributed by atoms with Crippen LogP contribution in [0.5, 0.6) is 0 Å². The number of amides is 1. The van der Waals surface area contributed by atoms with E-state index in [2.05, 4.69) is 62.3 Å². The van der Waals surface area contributed by atoms with Crippen LogP contribution in [0.1, 0.15) is 57.2 Å². The molecule has 0 aliphatic heterocycles. The van der Waals surface area contributed by atoms with Crippen LogP contribution in [-0.2, 0) is 10.2 Å². The zero-order chi connectivity index (χ0) is 22.8. The molecule has 1 amide bonds. The van der Waals surface area contributed by atoms with Crippen molar-refractivity contribution in [1.29, 1.82) is 0 Å². The average molecular weight is 438 g/mol. The quantitative estimate of drug-likeness (QED) is 0.413. The molecule has 2 aromatic carbocycles. The maximum absolute atomic E-state index is 12.6. The van der Waals surface area contributed by atoms with Gasteiger partial charge in [-0.3, -0.25) is 4.79 Å². The SMILES string of the molecule is Cc1cccc(C(C)C)c1NC(=O)CSc1nnc(-c2ccc(C(C)(C)C)cc2)n1N. The van der Waals surface area contributed by atoms with Gasteiger partial charge in [-0.2, -0.15) is 0 Å². The first-order valence-corrected chi connectivity index (χ1v) is 11.4. The zero-order valence-corrected chi connectivity index (χ0v) is 19.9. The lowest BCUT2D eigenvalue weighted by Crippen LogP contribution is -2.18. The number of aromatic nitrogens is 3. The minimum Gasteiger partial charge on any atom is -0.335 e. The van der Waals surface area contributed by atoms with Gasteiger partial charge in [0.1, 0.15) is 0 Å². The standard InChI is InChI=1S/C24H31N5OS/c1-15(2)19-9-7-8-16(3)21(19)26-20(30)14-31-23-28-27-22(29(23)25)17-10-12-18(13-11-17)24(4,5)6/h7-13,15H,14,25H2,1-6H3,(H,26,30). The van der Waals surface area contributed by atoms with E-state index in [1.54, 1.807) is 0 Å². The van der Waals surface area contributed by atoms with Gasteiger partial charge in [-0.1, -0.05) is 88.8 Å². The van der Waals surface area contributed by atoms with Gasteiger partial charge in [-0.05, 0) is 34.9 Å². The minimum absolute atomic E-state index is 0.0792. The van der Waals surface area contributed by atoms with Crippen LogP contribution in [0.3, 0.4) is 0 Å². The fourth-order valence-electron chi connectivity index (χ4n) is 3.34. The summed E-state index contributed by atoms with van der Waals surface area (Å²) < 4.78 is 1.44. The third kappa shape index (κ3) is 5.28. The van der Waals surface area contributed by atoms with Crippen molar-refractivity contribution in [3.05, 3.63) is 59.2 Å². The summed E-state index contributed by atoms with van der Waals surface area (Å²) in [6.45, 7) is 12.8. The number of rotatable bonds is 6. The van der Waals surface area contributed by atoms with Gasteiger partial charge in [0.05, 0.1) is 5.75 Å². The Bertz CT molecular complexity index is 1060. The summed E-state index contributed by atoms with van der Waals surface area (Å²) in [5.74, 6) is 7.22. The number of carbonyl (C=O) groups excluding carboxylic acids is 1. The van der Waals surface area contributed by atoms with Crippen molar-refractivity contribution < 1.29 is 4.79 Å². The van der Waals surface area contributed by atoms with E-state index < -0.39 is 0 Å². The molecule has 3 aromatic rings. The van der Waals surface area contributed by atoms with Gasteiger partial charge < -0.3 is 11.2 Å². The molecule has 1 heterocycles. The Morgan fingerprint density at radius 1 is 1.13 bits per heavy atom. The molecule has 1 aromatic heterocycles. The van der Waals surface area contributed by atoms with Crippen molar-refractivity contribution in [2.45, 2.75) is 58.0 Å². The van der Waals surface area contributed by atoms with Crippen molar-refractivity contribution in [3.63, 3.8) is 0 Å². The number of benzene rings is 2. The van der Waals surface area contributed by atoms with Crippen molar-refractivity contribution >= 4 is 23.4 Å². The second-order valence-corrected chi connectivity index (χ2v) is 9.98. The Hall–Kier alpha value is -2.80. The van der Waals surface area contributed by atoms with E-state index >= 15 is 0 Å². The number of nitrogens with zero attached hydrogens (tertiary/aromatic N) is 3. The van der Waals surface area contributed by atoms with Crippen molar-refractivity contribution in [1.82, 2.24) is 14.9 Å². The largest absolute Gasteiger partial charge is 0.335 e. The molecule has 0 aliphatic rings. The topological polar surface area (TPSA) is 85.8 Å². The number of anilines is 1. The maximum Gasteiger partial charge on any atom is 0.234 e. The van der Waals surface area contributed by atoms with Gasteiger partial charge in [-0.15, -0.1) is 10.2 Å². The second kappa shape index (κ2) is 9.14. The molecule has 0 saturated heterocycles. The molecule has 0 spiro atoms. The highest BCUT2D eigenvalue weighted by Crippen LogP contribution is 2.29. The molecule has 0 radical (unpaired) electrons. The number of hydrogen-bond donors (Lipinski definition) is 2. The minimum atomic E-state index is -0.0970. The highest BCUT2D eigenvalue weighted by atomic mass is 32.2. The summed E-state index contributed by atoms with van der Waals surface area (Å²) in [5.41, 5.74) is 5.27. The molecule has 0 atom stereocenters. The molecule has 3 rings (SSSR count). The third-order valence-corrected chi connectivity index (χ3v) is 6.14. The first kappa shape index (κ1) is 22.9. The fourth-order valence-corrected chi connectivity index (χ4v) is 4.00. The average Bonchev–Trinajstić information content (AvgIpc) is 3.07. The predicted octanol–water partition coefficient (Wildman–Crippen LogP) is 5.12.